The van der Waals surface area contributed by atoms with Crippen molar-refractivity contribution >= 4 is 11.0 Å². The quantitative estimate of drug-likeness (QED) is 0.665. The second-order valence-electron chi connectivity index (χ2n) is 2.85. The standard InChI is InChI=1S/C9H10N2O/c1-6-4-7-2-3-8(5-12)11-9(7)10-6/h2-4,12H,5H2,1H3,(H,10,11). The van der Waals surface area contributed by atoms with Crippen LogP contribution in [0.4, 0.5) is 0 Å². The molecule has 0 spiro atoms. The number of aryl methyl sites for hydroxylation is 1. The van der Waals surface area contributed by atoms with Crippen molar-refractivity contribution < 1.29 is 5.11 Å². The molecule has 0 unspecified atom stereocenters. The maximum absolute atomic E-state index is 8.83. The van der Waals surface area contributed by atoms with E-state index in [2.05, 4.69) is 9.97 Å². The monoisotopic (exact) mass is 162 g/mol. The maximum atomic E-state index is 8.83. The first kappa shape index (κ1) is 7.31. The molecule has 2 heterocycles. The van der Waals surface area contributed by atoms with Crippen LogP contribution in [0.2, 0.25) is 0 Å². The zero-order valence-corrected chi connectivity index (χ0v) is 6.83. The molecule has 0 aliphatic heterocycles. The smallest absolute Gasteiger partial charge is 0.137 e. The number of aliphatic hydroxyl groups is 1. The SMILES string of the molecule is Cc1cc2ccc(CO)nc2[nH]1. The first-order valence-electron chi connectivity index (χ1n) is 3.86. The average Bonchev–Trinajstić information content (AvgIpc) is 2.43. The highest BCUT2D eigenvalue weighted by Gasteiger charge is 1.99. The van der Waals surface area contributed by atoms with Crippen LogP contribution in [-0.4, -0.2) is 15.1 Å². The summed E-state index contributed by atoms with van der Waals surface area (Å²) in [6.07, 6.45) is 0. The van der Waals surface area contributed by atoms with Crippen molar-refractivity contribution in [2.45, 2.75) is 13.5 Å². The predicted octanol–water partition coefficient (Wildman–Crippen LogP) is 1.36. The van der Waals surface area contributed by atoms with Gasteiger partial charge in [0.2, 0.25) is 0 Å². The number of aromatic amines is 1. The number of nitrogens with one attached hydrogen (secondary N) is 1. The van der Waals surface area contributed by atoms with E-state index >= 15 is 0 Å². The molecule has 0 amide bonds. The van der Waals surface area contributed by atoms with Crippen molar-refractivity contribution in [2.75, 3.05) is 0 Å². The van der Waals surface area contributed by atoms with Gasteiger partial charge >= 0.3 is 0 Å². The van der Waals surface area contributed by atoms with E-state index in [9.17, 15) is 0 Å². The molecule has 3 nitrogen and oxygen atoms in total. The van der Waals surface area contributed by atoms with Crippen molar-refractivity contribution in [1.82, 2.24) is 9.97 Å². The second-order valence-corrected chi connectivity index (χ2v) is 2.85. The first-order valence-corrected chi connectivity index (χ1v) is 3.86. The number of hydrogen-bond donors (Lipinski definition) is 2. The summed E-state index contributed by atoms with van der Waals surface area (Å²) >= 11 is 0. The summed E-state index contributed by atoms with van der Waals surface area (Å²) in [4.78, 5) is 7.32. The van der Waals surface area contributed by atoms with Gasteiger partial charge in [-0.05, 0) is 25.1 Å². The minimum Gasteiger partial charge on any atom is -0.390 e. The largest absolute Gasteiger partial charge is 0.390 e. The molecular weight excluding hydrogens is 152 g/mol. The van der Waals surface area contributed by atoms with Crippen LogP contribution in [0.25, 0.3) is 11.0 Å². The Morgan fingerprint density at radius 2 is 2.33 bits per heavy atom. The summed E-state index contributed by atoms with van der Waals surface area (Å²) in [6.45, 7) is 1.98. The van der Waals surface area contributed by atoms with Gasteiger partial charge in [0.05, 0.1) is 12.3 Å². The molecule has 0 fully saturated rings. The van der Waals surface area contributed by atoms with Crippen LogP contribution in [0.3, 0.4) is 0 Å². The lowest BCUT2D eigenvalue weighted by molar-refractivity contribution is 0.277. The number of H-pyrrole nitrogens is 1. The lowest BCUT2D eigenvalue weighted by Gasteiger charge is -1.93. The van der Waals surface area contributed by atoms with Gasteiger partial charge in [0.1, 0.15) is 5.65 Å². The number of nitrogens with zero attached hydrogens (tertiary/aromatic N) is 1. The molecule has 0 aliphatic carbocycles. The van der Waals surface area contributed by atoms with Crippen LogP contribution < -0.4 is 0 Å². The van der Waals surface area contributed by atoms with E-state index in [4.69, 9.17) is 5.11 Å². The number of hydrogen-bond acceptors (Lipinski definition) is 2. The predicted molar refractivity (Wildman–Crippen MR) is 46.8 cm³/mol. The Bertz CT molecular complexity index is 406. The second kappa shape index (κ2) is 2.60. The highest BCUT2D eigenvalue weighted by Crippen LogP contribution is 2.12. The maximum Gasteiger partial charge on any atom is 0.137 e. The Labute approximate surface area is 70.1 Å². The molecule has 0 bridgehead atoms. The summed E-state index contributed by atoms with van der Waals surface area (Å²) in [5.41, 5.74) is 2.64. The molecule has 2 N–H and O–H groups in total. The summed E-state index contributed by atoms with van der Waals surface area (Å²) < 4.78 is 0. The Balaban J connectivity index is 2.66. The number of rotatable bonds is 1. The average molecular weight is 162 g/mol. The third-order valence-electron chi connectivity index (χ3n) is 1.83. The number of pyridine rings is 1. The van der Waals surface area contributed by atoms with E-state index < -0.39 is 0 Å². The number of fused-ring (bicyclic) bond motifs is 1. The molecule has 2 aromatic rings. The Hall–Kier alpha value is -1.35. The molecule has 2 rings (SSSR count). The van der Waals surface area contributed by atoms with Crippen molar-refractivity contribution in [2.24, 2.45) is 0 Å². The van der Waals surface area contributed by atoms with Crippen LogP contribution in [0.1, 0.15) is 11.4 Å². The van der Waals surface area contributed by atoms with Gasteiger partial charge in [-0.3, -0.25) is 0 Å². The van der Waals surface area contributed by atoms with Crippen molar-refractivity contribution in [3.8, 4) is 0 Å². The van der Waals surface area contributed by atoms with E-state index in [1.165, 1.54) is 0 Å². The third kappa shape index (κ3) is 1.08. The van der Waals surface area contributed by atoms with E-state index in [-0.39, 0.29) is 6.61 Å². The minimum absolute atomic E-state index is 0.00594. The zero-order valence-electron chi connectivity index (χ0n) is 6.83. The van der Waals surface area contributed by atoms with Gasteiger partial charge in [0.15, 0.2) is 0 Å². The van der Waals surface area contributed by atoms with Gasteiger partial charge in [-0.25, -0.2) is 4.98 Å². The van der Waals surface area contributed by atoms with Crippen LogP contribution in [-0.2, 0) is 6.61 Å². The molecule has 0 aromatic carbocycles. The molecule has 0 radical (unpaired) electrons. The highest BCUT2D eigenvalue weighted by atomic mass is 16.3. The van der Waals surface area contributed by atoms with E-state index in [0.29, 0.717) is 5.69 Å². The molecule has 0 aliphatic rings. The lowest BCUT2D eigenvalue weighted by Crippen LogP contribution is -1.87. The van der Waals surface area contributed by atoms with Crippen molar-refractivity contribution in [3.05, 3.63) is 29.6 Å². The fourth-order valence-electron chi connectivity index (χ4n) is 1.27. The van der Waals surface area contributed by atoms with Crippen LogP contribution in [0.15, 0.2) is 18.2 Å². The van der Waals surface area contributed by atoms with Crippen molar-refractivity contribution in [3.63, 3.8) is 0 Å². The first-order chi connectivity index (χ1) is 5.79. The van der Waals surface area contributed by atoms with Crippen LogP contribution in [0.5, 0.6) is 0 Å². The van der Waals surface area contributed by atoms with E-state index in [1.807, 2.05) is 25.1 Å². The topological polar surface area (TPSA) is 48.9 Å². The minimum atomic E-state index is -0.00594. The van der Waals surface area contributed by atoms with Gasteiger partial charge < -0.3 is 10.1 Å². The molecule has 3 heteroatoms. The molecule has 0 saturated carbocycles. The fraction of sp³-hybridized carbons (Fsp3) is 0.222. The number of aromatic nitrogens is 2. The van der Waals surface area contributed by atoms with Crippen LogP contribution >= 0.6 is 0 Å². The Morgan fingerprint density at radius 3 is 3.08 bits per heavy atom. The Morgan fingerprint density at radius 1 is 1.50 bits per heavy atom. The van der Waals surface area contributed by atoms with Gasteiger partial charge in [0.25, 0.3) is 0 Å². The summed E-state index contributed by atoms with van der Waals surface area (Å²) in [5, 5.41) is 9.92. The highest BCUT2D eigenvalue weighted by molar-refractivity contribution is 5.76. The van der Waals surface area contributed by atoms with Gasteiger partial charge in [0, 0.05) is 11.1 Å². The molecule has 62 valence electrons. The normalized spacial score (nSPS) is 10.8. The van der Waals surface area contributed by atoms with Crippen LogP contribution in [0, 0.1) is 6.92 Å². The van der Waals surface area contributed by atoms with Crippen molar-refractivity contribution in [1.29, 1.82) is 0 Å². The van der Waals surface area contributed by atoms with E-state index in [0.717, 1.165) is 16.7 Å². The zero-order chi connectivity index (χ0) is 8.55. The summed E-state index contributed by atoms with van der Waals surface area (Å²) in [6, 6.07) is 5.82. The fourth-order valence-corrected chi connectivity index (χ4v) is 1.27. The van der Waals surface area contributed by atoms with Gasteiger partial charge in [-0.1, -0.05) is 0 Å². The molecule has 2 aromatic heterocycles. The van der Waals surface area contributed by atoms with Gasteiger partial charge in [-0.15, -0.1) is 0 Å². The lowest BCUT2D eigenvalue weighted by atomic mass is 10.3. The molecular formula is C9H10N2O. The van der Waals surface area contributed by atoms with E-state index in [1.54, 1.807) is 0 Å². The number of aliphatic hydroxyl groups excluding tert-OH is 1. The Kier molecular flexibility index (Phi) is 1.59. The summed E-state index contributed by atoms with van der Waals surface area (Å²) in [5.74, 6) is 0. The van der Waals surface area contributed by atoms with Gasteiger partial charge in [-0.2, -0.15) is 0 Å². The molecule has 0 saturated heterocycles. The molecule has 0 atom stereocenters. The third-order valence-corrected chi connectivity index (χ3v) is 1.83. The summed E-state index contributed by atoms with van der Waals surface area (Å²) in [7, 11) is 0. The molecule has 12 heavy (non-hydrogen) atoms.